The first-order valence-electron chi connectivity index (χ1n) is 12.6. The van der Waals surface area contributed by atoms with E-state index in [2.05, 4.69) is 35.9 Å². The summed E-state index contributed by atoms with van der Waals surface area (Å²) < 4.78 is 25.7. The van der Waals surface area contributed by atoms with E-state index in [1.165, 1.54) is 9.20 Å². The second-order valence-electron chi connectivity index (χ2n) is 9.81. The summed E-state index contributed by atoms with van der Waals surface area (Å²) in [7, 11) is 1.67. The van der Waals surface area contributed by atoms with Crippen LogP contribution in [0.15, 0.2) is 18.2 Å². The van der Waals surface area contributed by atoms with Crippen LogP contribution in [-0.2, 0) is 16.7 Å². The van der Waals surface area contributed by atoms with Gasteiger partial charge in [0, 0.05) is 24.2 Å². The molecule has 2 aromatic heterocycles. The van der Waals surface area contributed by atoms with Gasteiger partial charge in [-0.15, -0.1) is 4.68 Å². The Hall–Kier alpha value is -3.60. The maximum Gasteiger partial charge on any atom is 0.355 e. The number of hydrogen-bond acceptors (Lipinski definition) is 9. The van der Waals surface area contributed by atoms with Crippen molar-refractivity contribution in [3.8, 4) is 17.4 Å². The number of fused-ring (bicyclic) bond motifs is 1. The van der Waals surface area contributed by atoms with E-state index in [4.69, 9.17) is 24.7 Å². The summed E-state index contributed by atoms with van der Waals surface area (Å²) >= 11 is 0. The minimum Gasteiger partial charge on any atom is -0.494 e. The number of morpholine rings is 1. The summed E-state index contributed by atoms with van der Waals surface area (Å²) in [4.78, 5) is 15.9. The largest absolute Gasteiger partial charge is 0.494 e. The maximum absolute atomic E-state index is 13.7. The Labute approximate surface area is 217 Å². The van der Waals surface area contributed by atoms with E-state index in [1.807, 2.05) is 26.0 Å². The lowest BCUT2D eigenvalue weighted by molar-refractivity contribution is -0.714. The number of rotatable bonds is 9. The Balaban J connectivity index is 1.76. The molecular formula is C26H37N6O5+. The minimum atomic E-state index is -0.243. The number of carbonyl (C=O) groups excluding carboxylic acids is 1. The topological polar surface area (TPSA) is 117 Å². The molecule has 1 aliphatic heterocycles. The van der Waals surface area contributed by atoms with Gasteiger partial charge in [0.25, 0.3) is 5.88 Å². The highest BCUT2D eigenvalue weighted by molar-refractivity contribution is 5.97. The molecule has 11 heteroatoms. The van der Waals surface area contributed by atoms with E-state index in [0.717, 1.165) is 30.1 Å². The zero-order valence-corrected chi connectivity index (χ0v) is 22.5. The number of benzene rings is 1. The van der Waals surface area contributed by atoms with Gasteiger partial charge in [0.05, 0.1) is 45.3 Å². The van der Waals surface area contributed by atoms with Crippen LogP contribution in [0, 0.1) is 0 Å². The predicted octanol–water partition coefficient (Wildman–Crippen LogP) is 2.42. The first-order chi connectivity index (χ1) is 17.7. The number of ether oxygens (including phenoxy) is 4. The number of nitrogen functional groups attached to an aromatic ring is 1. The van der Waals surface area contributed by atoms with Gasteiger partial charge in [-0.05, 0) is 41.6 Å². The molecule has 37 heavy (non-hydrogen) atoms. The molecule has 200 valence electrons. The van der Waals surface area contributed by atoms with Crippen LogP contribution in [-0.4, -0.2) is 67.1 Å². The van der Waals surface area contributed by atoms with Crippen molar-refractivity contribution in [2.45, 2.75) is 46.6 Å². The van der Waals surface area contributed by atoms with Crippen LogP contribution in [0.1, 0.15) is 50.5 Å². The number of nitrogens with two attached hydrogens (primary N) is 1. The third-order valence-corrected chi connectivity index (χ3v) is 6.21. The molecule has 3 aromatic rings. The molecule has 0 unspecified atom stereocenters. The number of aromatic nitrogens is 4. The highest BCUT2D eigenvalue weighted by Gasteiger charge is 2.29. The van der Waals surface area contributed by atoms with Gasteiger partial charge in [-0.1, -0.05) is 25.3 Å². The van der Waals surface area contributed by atoms with Crippen molar-refractivity contribution < 1.29 is 28.4 Å². The zero-order valence-electron chi connectivity index (χ0n) is 22.5. The first kappa shape index (κ1) is 26.5. The average molecular weight is 514 g/mol. The van der Waals surface area contributed by atoms with E-state index in [-0.39, 0.29) is 23.7 Å². The van der Waals surface area contributed by atoms with Crippen LogP contribution in [0.4, 0.5) is 11.6 Å². The molecule has 1 aliphatic rings. The normalized spacial score (nSPS) is 14.2. The zero-order chi connectivity index (χ0) is 26.7. The monoisotopic (exact) mass is 513 g/mol. The minimum absolute atomic E-state index is 0.0274. The third kappa shape index (κ3) is 5.41. The highest BCUT2D eigenvalue weighted by Crippen LogP contribution is 2.40. The number of carbonyl (C=O) groups is 1. The van der Waals surface area contributed by atoms with Gasteiger partial charge >= 0.3 is 11.6 Å². The van der Waals surface area contributed by atoms with E-state index < -0.39 is 0 Å². The summed E-state index contributed by atoms with van der Waals surface area (Å²) in [5.41, 5.74) is 8.85. The highest BCUT2D eigenvalue weighted by atomic mass is 16.5. The fraction of sp³-hybridized carbons (Fsp3) is 0.538. The van der Waals surface area contributed by atoms with Crippen molar-refractivity contribution in [2.24, 2.45) is 0 Å². The molecule has 4 rings (SSSR count). The van der Waals surface area contributed by atoms with Crippen LogP contribution in [0.5, 0.6) is 17.4 Å². The molecule has 0 amide bonds. The molecule has 1 fully saturated rings. The first-order valence-corrected chi connectivity index (χ1v) is 12.6. The van der Waals surface area contributed by atoms with Crippen LogP contribution < -0.4 is 29.5 Å². The Morgan fingerprint density at radius 1 is 1.14 bits per heavy atom. The molecule has 0 aliphatic carbocycles. The Kier molecular flexibility index (Phi) is 7.72. The van der Waals surface area contributed by atoms with Gasteiger partial charge in [-0.3, -0.25) is 4.79 Å². The summed E-state index contributed by atoms with van der Waals surface area (Å²) in [6.07, 6.45) is 0. The van der Waals surface area contributed by atoms with E-state index in [1.54, 1.807) is 13.2 Å². The summed E-state index contributed by atoms with van der Waals surface area (Å²) in [5, 5.41) is 8.83. The quantitative estimate of drug-likeness (QED) is 0.340. The molecule has 1 saturated heterocycles. The lowest BCUT2D eigenvalue weighted by Crippen LogP contribution is -2.41. The number of nitrogens with zero attached hydrogens (tertiary/aromatic N) is 5. The molecule has 0 spiro atoms. The van der Waals surface area contributed by atoms with Crippen molar-refractivity contribution >= 4 is 23.1 Å². The molecule has 3 heterocycles. The molecule has 0 bridgehead atoms. The van der Waals surface area contributed by atoms with Crippen molar-refractivity contribution in [3.63, 3.8) is 0 Å². The number of ketones is 1. The fourth-order valence-corrected chi connectivity index (χ4v) is 4.43. The molecule has 0 radical (unpaired) electrons. The van der Waals surface area contributed by atoms with Gasteiger partial charge in [-0.25, -0.2) is 0 Å². The van der Waals surface area contributed by atoms with E-state index in [9.17, 15) is 4.79 Å². The molecule has 11 nitrogen and oxygen atoms in total. The van der Waals surface area contributed by atoms with Gasteiger partial charge in [0.2, 0.25) is 5.78 Å². The van der Waals surface area contributed by atoms with Crippen molar-refractivity contribution in [1.82, 2.24) is 14.7 Å². The Morgan fingerprint density at radius 3 is 2.46 bits per heavy atom. The summed E-state index contributed by atoms with van der Waals surface area (Å²) in [6.45, 7) is 13.6. The van der Waals surface area contributed by atoms with Crippen molar-refractivity contribution in [2.75, 3.05) is 57.3 Å². The molecule has 0 atom stereocenters. The molecule has 2 N–H and O–H groups in total. The Bertz CT molecular complexity index is 1280. The summed E-state index contributed by atoms with van der Waals surface area (Å²) in [5.74, 6) is 1.60. The standard InChI is InChI=1S/C26H37N6O5/c1-7-36-21-15-22-31(29-25(27)32(22)28-24(21)37-8-2)16-20(33)17-13-18(26(3,4)5)23(34-6)19(14-17)30-9-11-35-12-10-30/h13-15H,7-12,16H2,1-6H3,(H2,27,29)/q+1. The maximum atomic E-state index is 13.7. The lowest BCUT2D eigenvalue weighted by atomic mass is 9.84. The van der Waals surface area contributed by atoms with E-state index >= 15 is 0 Å². The third-order valence-electron chi connectivity index (χ3n) is 6.21. The second kappa shape index (κ2) is 10.8. The SMILES string of the molecule is CCOc1cc2n(nc1OCC)c(N)n[n+]2CC(=O)c1cc(N2CCOCC2)c(OC)c(C(C)(C)C)c1. The van der Waals surface area contributed by atoms with Gasteiger partial charge in [-0.2, -0.15) is 0 Å². The van der Waals surface area contributed by atoms with Crippen molar-refractivity contribution in [1.29, 1.82) is 0 Å². The van der Waals surface area contributed by atoms with Crippen LogP contribution in [0.3, 0.4) is 0 Å². The van der Waals surface area contributed by atoms with Gasteiger partial charge in [0.15, 0.2) is 12.3 Å². The molecule has 0 saturated carbocycles. The fourth-order valence-electron chi connectivity index (χ4n) is 4.43. The Morgan fingerprint density at radius 2 is 1.84 bits per heavy atom. The second-order valence-corrected chi connectivity index (χ2v) is 9.81. The average Bonchev–Trinajstić information content (AvgIpc) is 3.17. The number of Topliss-reactive ketones (excluding diaryl/α,β-unsaturated/α-hetero) is 1. The lowest BCUT2D eigenvalue weighted by Gasteiger charge is -2.33. The molecule has 1 aromatic carbocycles. The number of hydrogen-bond donors (Lipinski definition) is 1. The van der Waals surface area contributed by atoms with Crippen LogP contribution in [0.25, 0.3) is 5.65 Å². The van der Waals surface area contributed by atoms with Crippen LogP contribution in [0.2, 0.25) is 0 Å². The van der Waals surface area contributed by atoms with Crippen LogP contribution >= 0.6 is 0 Å². The summed E-state index contributed by atoms with van der Waals surface area (Å²) in [6, 6.07) is 5.57. The predicted molar refractivity (Wildman–Crippen MR) is 139 cm³/mol. The number of anilines is 2. The van der Waals surface area contributed by atoms with Crippen molar-refractivity contribution in [3.05, 3.63) is 29.3 Å². The van der Waals surface area contributed by atoms with Gasteiger partial charge < -0.3 is 29.6 Å². The van der Waals surface area contributed by atoms with Gasteiger partial charge in [0.1, 0.15) is 5.75 Å². The molecular weight excluding hydrogens is 476 g/mol. The van der Waals surface area contributed by atoms with E-state index in [0.29, 0.717) is 49.3 Å². The smallest absolute Gasteiger partial charge is 0.355 e. The number of methoxy groups -OCH3 is 1.